The summed E-state index contributed by atoms with van der Waals surface area (Å²) in [4.78, 5) is 39.0. The number of fused-ring (bicyclic) bond motifs is 1. The van der Waals surface area contributed by atoms with Crippen LogP contribution in [-0.4, -0.2) is 36.0 Å². The number of H-pyrrole nitrogens is 1. The molecule has 29 heavy (non-hydrogen) atoms. The van der Waals surface area contributed by atoms with E-state index < -0.39 is 23.9 Å². The number of amides is 1. The van der Waals surface area contributed by atoms with Gasteiger partial charge in [-0.25, -0.2) is 4.79 Å². The lowest BCUT2D eigenvalue weighted by atomic mass is 10.1. The third kappa shape index (κ3) is 5.01. The summed E-state index contributed by atoms with van der Waals surface area (Å²) in [6, 6.07) is 14.4. The molecule has 7 nitrogen and oxygen atoms in total. The van der Waals surface area contributed by atoms with Gasteiger partial charge in [0.1, 0.15) is 0 Å². The van der Waals surface area contributed by atoms with Crippen molar-refractivity contribution in [2.24, 2.45) is 0 Å². The first-order valence-electron chi connectivity index (χ1n) is 9.17. The van der Waals surface area contributed by atoms with Crippen LogP contribution in [0.4, 0.5) is 0 Å². The number of hydrogen-bond acceptors (Lipinski definition) is 5. The molecule has 0 fully saturated rings. The molecule has 0 aliphatic heterocycles. The molecule has 150 valence electrons. The molecule has 2 aromatic carbocycles. The monoisotopic (exact) mass is 394 g/mol. The van der Waals surface area contributed by atoms with Crippen LogP contribution in [0, 0.1) is 0 Å². The number of ether oxygens (including phenoxy) is 2. The van der Waals surface area contributed by atoms with Gasteiger partial charge in [0.15, 0.2) is 6.10 Å². The summed E-state index contributed by atoms with van der Waals surface area (Å²) in [5.41, 5.74) is 3.01. The molecule has 0 bridgehead atoms. The van der Waals surface area contributed by atoms with Crippen LogP contribution in [0.15, 0.2) is 54.7 Å². The van der Waals surface area contributed by atoms with Gasteiger partial charge in [0.2, 0.25) is 0 Å². The van der Waals surface area contributed by atoms with E-state index in [0.29, 0.717) is 5.56 Å². The van der Waals surface area contributed by atoms with Gasteiger partial charge in [-0.05, 0) is 36.2 Å². The van der Waals surface area contributed by atoms with Crippen molar-refractivity contribution in [3.63, 3.8) is 0 Å². The number of rotatable bonds is 7. The Bertz CT molecular complexity index is 1020. The Balaban J connectivity index is 1.49. The van der Waals surface area contributed by atoms with Crippen molar-refractivity contribution in [1.82, 2.24) is 10.3 Å². The lowest BCUT2D eigenvalue weighted by Crippen LogP contribution is -2.35. The van der Waals surface area contributed by atoms with E-state index in [1.54, 1.807) is 30.5 Å². The summed E-state index contributed by atoms with van der Waals surface area (Å²) in [5.74, 6) is -1.29. The zero-order valence-corrected chi connectivity index (χ0v) is 16.2. The van der Waals surface area contributed by atoms with E-state index in [1.807, 2.05) is 24.3 Å². The summed E-state index contributed by atoms with van der Waals surface area (Å²) in [7, 11) is 1.32. The number of methoxy groups -OCH3 is 1. The predicted octanol–water partition coefficient (Wildman–Crippen LogP) is 2.75. The zero-order valence-electron chi connectivity index (χ0n) is 16.2. The third-order valence-corrected chi connectivity index (χ3v) is 4.53. The first kappa shape index (κ1) is 20.1. The average molecular weight is 394 g/mol. The maximum Gasteiger partial charge on any atom is 0.337 e. The van der Waals surface area contributed by atoms with E-state index in [-0.39, 0.29) is 13.0 Å². The number of nitrogens with one attached hydrogen (secondary N) is 2. The van der Waals surface area contributed by atoms with Gasteiger partial charge in [-0.3, -0.25) is 9.59 Å². The number of para-hydroxylation sites is 1. The quantitative estimate of drug-likeness (QED) is 0.601. The fourth-order valence-corrected chi connectivity index (χ4v) is 2.94. The fourth-order valence-electron chi connectivity index (χ4n) is 2.94. The Hall–Kier alpha value is -3.61. The third-order valence-electron chi connectivity index (χ3n) is 4.53. The van der Waals surface area contributed by atoms with Crippen molar-refractivity contribution in [1.29, 1.82) is 0 Å². The molecule has 1 amide bonds. The molecule has 0 saturated heterocycles. The first-order chi connectivity index (χ1) is 14.0. The SMILES string of the molecule is COC(=O)c1ccc(CNC(=O)[C@H](C)OC(=O)Cc2c[nH]c3ccccc23)cc1. The smallest absolute Gasteiger partial charge is 0.337 e. The summed E-state index contributed by atoms with van der Waals surface area (Å²) in [6.45, 7) is 1.79. The molecule has 3 aromatic rings. The summed E-state index contributed by atoms with van der Waals surface area (Å²) >= 11 is 0. The van der Waals surface area contributed by atoms with Gasteiger partial charge in [-0.2, -0.15) is 0 Å². The molecular weight excluding hydrogens is 372 g/mol. The van der Waals surface area contributed by atoms with Gasteiger partial charge in [-0.1, -0.05) is 30.3 Å². The van der Waals surface area contributed by atoms with Gasteiger partial charge in [0.05, 0.1) is 19.1 Å². The van der Waals surface area contributed by atoms with E-state index in [9.17, 15) is 14.4 Å². The predicted molar refractivity (Wildman–Crippen MR) is 107 cm³/mol. The van der Waals surface area contributed by atoms with Gasteiger partial charge in [-0.15, -0.1) is 0 Å². The molecule has 7 heteroatoms. The second-order valence-electron chi connectivity index (χ2n) is 6.57. The van der Waals surface area contributed by atoms with Crippen LogP contribution in [0.25, 0.3) is 10.9 Å². The molecule has 2 N–H and O–H groups in total. The number of benzene rings is 2. The highest BCUT2D eigenvalue weighted by molar-refractivity contribution is 5.90. The molecule has 0 unspecified atom stereocenters. The minimum absolute atomic E-state index is 0.0800. The van der Waals surface area contributed by atoms with Crippen LogP contribution in [0.5, 0.6) is 0 Å². The molecule has 1 aromatic heterocycles. The van der Waals surface area contributed by atoms with Crippen molar-refractivity contribution in [2.45, 2.75) is 26.0 Å². The minimum atomic E-state index is -0.915. The second kappa shape index (κ2) is 9.05. The summed E-state index contributed by atoms with van der Waals surface area (Å²) in [6.07, 6.45) is 0.938. The van der Waals surface area contributed by atoms with E-state index in [0.717, 1.165) is 22.0 Å². The van der Waals surface area contributed by atoms with Crippen molar-refractivity contribution in [3.05, 3.63) is 71.4 Å². The highest BCUT2D eigenvalue weighted by Crippen LogP contribution is 2.18. The maximum atomic E-state index is 12.2. The molecule has 0 spiro atoms. The number of esters is 2. The standard InChI is InChI=1S/C22H22N2O5/c1-14(21(26)24-12-15-7-9-16(10-8-15)22(27)28-2)29-20(25)11-17-13-23-19-6-4-3-5-18(17)19/h3-10,13-14,23H,11-12H2,1-2H3,(H,24,26)/t14-/m0/s1. The molecule has 0 aliphatic carbocycles. The zero-order chi connectivity index (χ0) is 20.8. The Morgan fingerprint density at radius 3 is 2.52 bits per heavy atom. The number of hydrogen-bond donors (Lipinski definition) is 2. The summed E-state index contributed by atoms with van der Waals surface area (Å²) in [5, 5.41) is 3.67. The van der Waals surface area contributed by atoms with Crippen LogP contribution < -0.4 is 5.32 Å². The largest absolute Gasteiger partial charge is 0.465 e. The van der Waals surface area contributed by atoms with E-state index in [2.05, 4.69) is 15.0 Å². The molecule has 0 aliphatic rings. The van der Waals surface area contributed by atoms with Crippen molar-refractivity contribution in [3.8, 4) is 0 Å². The molecule has 1 atom stereocenters. The highest BCUT2D eigenvalue weighted by Gasteiger charge is 2.19. The Morgan fingerprint density at radius 1 is 1.07 bits per heavy atom. The molecular formula is C22H22N2O5. The highest BCUT2D eigenvalue weighted by atomic mass is 16.5. The van der Waals surface area contributed by atoms with E-state index >= 15 is 0 Å². The average Bonchev–Trinajstić information content (AvgIpc) is 3.14. The molecule has 0 saturated carbocycles. The van der Waals surface area contributed by atoms with E-state index in [1.165, 1.54) is 14.0 Å². The van der Waals surface area contributed by atoms with Crippen LogP contribution in [0.2, 0.25) is 0 Å². The van der Waals surface area contributed by atoms with Crippen molar-refractivity contribution >= 4 is 28.7 Å². The van der Waals surface area contributed by atoms with Crippen LogP contribution in [-0.2, 0) is 32.0 Å². The van der Waals surface area contributed by atoms with Gasteiger partial charge in [0.25, 0.3) is 5.91 Å². The Kier molecular flexibility index (Phi) is 6.29. The van der Waals surface area contributed by atoms with E-state index in [4.69, 9.17) is 4.74 Å². The Morgan fingerprint density at radius 2 is 1.79 bits per heavy atom. The van der Waals surface area contributed by atoms with Crippen molar-refractivity contribution in [2.75, 3.05) is 7.11 Å². The van der Waals surface area contributed by atoms with Crippen LogP contribution in [0.1, 0.15) is 28.4 Å². The summed E-state index contributed by atoms with van der Waals surface area (Å²) < 4.78 is 9.91. The van der Waals surface area contributed by atoms with Gasteiger partial charge in [0, 0.05) is 23.6 Å². The number of aromatic nitrogens is 1. The lowest BCUT2D eigenvalue weighted by Gasteiger charge is -2.13. The minimum Gasteiger partial charge on any atom is -0.465 e. The van der Waals surface area contributed by atoms with Crippen molar-refractivity contribution < 1.29 is 23.9 Å². The molecule has 0 radical (unpaired) electrons. The number of carbonyl (C=O) groups is 3. The van der Waals surface area contributed by atoms with Gasteiger partial charge >= 0.3 is 11.9 Å². The lowest BCUT2D eigenvalue weighted by molar-refractivity contribution is -0.154. The number of aromatic amines is 1. The number of carbonyl (C=O) groups excluding carboxylic acids is 3. The van der Waals surface area contributed by atoms with Crippen LogP contribution >= 0.6 is 0 Å². The first-order valence-corrected chi connectivity index (χ1v) is 9.17. The molecule has 3 rings (SSSR count). The Labute approximate surface area is 168 Å². The fraction of sp³-hybridized carbons (Fsp3) is 0.227. The van der Waals surface area contributed by atoms with Gasteiger partial charge < -0.3 is 19.8 Å². The second-order valence-corrected chi connectivity index (χ2v) is 6.57. The maximum absolute atomic E-state index is 12.2. The molecule has 1 heterocycles. The topological polar surface area (TPSA) is 97.5 Å². The normalized spacial score (nSPS) is 11.7. The van der Waals surface area contributed by atoms with Crippen LogP contribution in [0.3, 0.4) is 0 Å².